The zero-order valence-corrected chi connectivity index (χ0v) is 9.41. The second-order valence-corrected chi connectivity index (χ2v) is 4.10. The monoisotopic (exact) mass is 230 g/mol. The summed E-state index contributed by atoms with van der Waals surface area (Å²) in [6.45, 7) is 0. The molecule has 0 spiro atoms. The van der Waals surface area contributed by atoms with Crippen molar-refractivity contribution in [2.24, 2.45) is 0 Å². The highest BCUT2D eigenvalue weighted by molar-refractivity contribution is 6.35. The van der Waals surface area contributed by atoms with Crippen molar-refractivity contribution < 1.29 is 0 Å². The average molecular weight is 230 g/mol. The van der Waals surface area contributed by atoms with Crippen molar-refractivity contribution in [3.63, 3.8) is 0 Å². The molecule has 82 valence electrons. The van der Waals surface area contributed by atoms with E-state index in [0.29, 0.717) is 16.9 Å². The van der Waals surface area contributed by atoms with E-state index in [4.69, 9.17) is 7.85 Å². The lowest BCUT2D eigenvalue weighted by Crippen LogP contribution is -2.14. The lowest BCUT2D eigenvalue weighted by molar-refractivity contribution is 1.22. The van der Waals surface area contributed by atoms with E-state index < -0.39 is 0 Å². The summed E-state index contributed by atoms with van der Waals surface area (Å²) >= 11 is 0. The molecule has 0 saturated heterocycles. The first-order valence-corrected chi connectivity index (χ1v) is 5.62. The Morgan fingerprint density at radius 3 is 2.72 bits per heavy atom. The number of hydrogen-bond acceptors (Lipinski definition) is 3. The molecule has 0 aliphatic heterocycles. The molecule has 0 N–H and O–H groups in total. The molecule has 1 aromatic carbocycles. The number of rotatable bonds is 0. The Balaban J connectivity index is 2.41. The van der Waals surface area contributed by atoms with Gasteiger partial charge >= 0.3 is 0 Å². The van der Waals surface area contributed by atoms with Crippen molar-refractivity contribution in [3.05, 3.63) is 42.6 Å². The van der Waals surface area contributed by atoms with Crippen LogP contribution >= 0.6 is 0 Å². The molecule has 4 aromatic rings. The number of nitrogens with zero attached hydrogens (tertiary/aromatic N) is 4. The average Bonchev–Trinajstić information content (AvgIpc) is 2.79. The predicted molar refractivity (Wildman–Crippen MR) is 71.2 cm³/mol. The standard InChI is InChI=1S/C13H7BN4/c14-11-13-16-8-4-1-2-5-9(8)18(13)10-6-3-7-15-12(10)17-11/h1-7H. The molecule has 2 radical (unpaired) electrons. The second kappa shape index (κ2) is 3.29. The molecule has 0 amide bonds. The van der Waals surface area contributed by atoms with Crippen LogP contribution in [-0.4, -0.2) is 27.2 Å². The van der Waals surface area contributed by atoms with Gasteiger partial charge in [0.2, 0.25) is 0 Å². The molecule has 4 rings (SSSR count). The molecule has 4 nitrogen and oxygen atoms in total. The molecule has 0 aliphatic rings. The molecule has 0 saturated carbocycles. The summed E-state index contributed by atoms with van der Waals surface area (Å²) in [7, 11) is 5.95. The fraction of sp³-hybridized carbons (Fsp3) is 0. The minimum atomic E-state index is 0.400. The van der Waals surface area contributed by atoms with Crippen LogP contribution in [0.4, 0.5) is 0 Å². The summed E-state index contributed by atoms with van der Waals surface area (Å²) in [5.74, 6) is 0. The van der Waals surface area contributed by atoms with Gasteiger partial charge in [-0.2, -0.15) is 0 Å². The lowest BCUT2D eigenvalue weighted by Gasteiger charge is -2.03. The molecule has 3 heterocycles. The Bertz CT molecular complexity index is 897. The summed E-state index contributed by atoms with van der Waals surface area (Å²) in [5.41, 5.74) is 4.54. The molecule has 0 bridgehead atoms. The minimum Gasteiger partial charge on any atom is -0.288 e. The van der Waals surface area contributed by atoms with Gasteiger partial charge in [-0.15, -0.1) is 0 Å². The van der Waals surface area contributed by atoms with Gasteiger partial charge in [0.1, 0.15) is 13.5 Å². The number of imidazole rings is 1. The molecule has 0 aliphatic carbocycles. The fourth-order valence-corrected chi connectivity index (χ4v) is 2.25. The van der Waals surface area contributed by atoms with Crippen LogP contribution in [0.5, 0.6) is 0 Å². The highest BCUT2D eigenvalue weighted by atomic mass is 15.1. The molecular formula is C13H7BN4. The van der Waals surface area contributed by atoms with E-state index in [-0.39, 0.29) is 0 Å². The first-order valence-electron chi connectivity index (χ1n) is 5.62. The number of hydrogen-bond donors (Lipinski definition) is 0. The first-order chi connectivity index (χ1) is 8.84. The summed E-state index contributed by atoms with van der Waals surface area (Å²) in [6, 6.07) is 11.8. The zero-order valence-electron chi connectivity index (χ0n) is 9.41. The van der Waals surface area contributed by atoms with Crippen LogP contribution in [0.3, 0.4) is 0 Å². The smallest absolute Gasteiger partial charge is 0.176 e. The highest BCUT2D eigenvalue weighted by Gasteiger charge is 2.10. The van der Waals surface area contributed by atoms with E-state index >= 15 is 0 Å². The van der Waals surface area contributed by atoms with Crippen LogP contribution < -0.4 is 5.59 Å². The molecule has 5 heteroatoms. The van der Waals surface area contributed by atoms with Crippen molar-refractivity contribution in [3.8, 4) is 0 Å². The largest absolute Gasteiger partial charge is 0.288 e. The number of para-hydroxylation sites is 2. The van der Waals surface area contributed by atoms with Gasteiger partial charge in [-0.25, -0.2) is 15.0 Å². The van der Waals surface area contributed by atoms with E-state index in [1.807, 2.05) is 40.8 Å². The van der Waals surface area contributed by atoms with Crippen molar-refractivity contribution in [1.82, 2.24) is 19.4 Å². The first kappa shape index (κ1) is 9.59. The Labute approximate surface area is 104 Å². The van der Waals surface area contributed by atoms with Gasteiger partial charge in [0.25, 0.3) is 0 Å². The van der Waals surface area contributed by atoms with Gasteiger partial charge in [-0.3, -0.25) is 4.40 Å². The second-order valence-electron chi connectivity index (χ2n) is 4.10. The van der Waals surface area contributed by atoms with Gasteiger partial charge in [0.15, 0.2) is 5.65 Å². The summed E-state index contributed by atoms with van der Waals surface area (Å²) in [4.78, 5) is 13.0. The highest BCUT2D eigenvalue weighted by Crippen LogP contribution is 2.19. The fourth-order valence-electron chi connectivity index (χ4n) is 2.25. The van der Waals surface area contributed by atoms with E-state index in [1.165, 1.54) is 0 Å². The van der Waals surface area contributed by atoms with Crippen LogP contribution in [0, 0.1) is 0 Å². The molecule has 3 aromatic heterocycles. The Morgan fingerprint density at radius 2 is 1.78 bits per heavy atom. The van der Waals surface area contributed by atoms with Crippen molar-refractivity contribution >= 4 is 41.3 Å². The third-order valence-corrected chi connectivity index (χ3v) is 3.02. The van der Waals surface area contributed by atoms with E-state index in [2.05, 4.69) is 15.0 Å². The lowest BCUT2D eigenvalue weighted by atomic mass is 10.1. The maximum Gasteiger partial charge on any atom is 0.176 e. The number of fused-ring (bicyclic) bond motifs is 5. The van der Waals surface area contributed by atoms with Crippen LogP contribution in [-0.2, 0) is 0 Å². The molecule has 0 unspecified atom stereocenters. The topological polar surface area (TPSA) is 43.1 Å². The molecule has 0 atom stereocenters. The molecular weight excluding hydrogens is 223 g/mol. The number of aromatic nitrogens is 4. The van der Waals surface area contributed by atoms with Gasteiger partial charge in [0.05, 0.1) is 16.6 Å². The van der Waals surface area contributed by atoms with E-state index in [1.54, 1.807) is 6.20 Å². The third-order valence-electron chi connectivity index (χ3n) is 3.02. The van der Waals surface area contributed by atoms with Crippen LogP contribution in [0.25, 0.3) is 27.8 Å². The SMILES string of the molecule is [B]c1nc2ncccc2n2c1nc1ccccc12. The number of benzene rings is 1. The van der Waals surface area contributed by atoms with Crippen molar-refractivity contribution in [1.29, 1.82) is 0 Å². The quantitative estimate of drug-likeness (QED) is 0.426. The third kappa shape index (κ3) is 1.13. The molecule has 18 heavy (non-hydrogen) atoms. The van der Waals surface area contributed by atoms with Gasteiger partial charge in [-0.05, 0) is 24.3 Å². The minimum absolute atomic E-state index is 0.400. The van der Waals surface area contributed by atoms with E-state index in [0.717, 1.165) is 16.6 Å². The summed E-state index contributed by atoms with van der Waals surface area (Å²) in [6.07, 6.45) is 1.71. The van der Waals surface area contributed by atoms with Gasteiger partial charge < -0.3 is 0 Å². The van der Waals surface area contributed by atoms with Crippen LogP contribution in [0.1, 0.15) is 0 Å². The van der Waals surface area contributed by atoms with Crippen LogP contribution in [0.2, 0.25) is 0 Å². The maximum atomic E-state index is 5.95. The summed E-state index contributed by atoms with van der Waals surface area (Å²) in [5, 5.41) is 0. The maximum absolute atomic E-state index is 5.95. The Hall–Kier alpha value is -2.43. The van der Waals surface area contributed by atoms with Gasteiger partial charge in [0, 0.05) is 11.8 Å². The van der Waals surface area contributed by atoms with Crippen molar-refractivity contribution in [2.75, 3.05) is 0 Å². The Morgan fingerprint density at radius 1 is 0.944 bits per heavy atom. The number of pyridine rings is 1. The predicted octanol–water partition coefficient (Wildman–Crippen LogP) is 1.22. The molecule has 0 fully saturated rings. The van der Waals surface area contributed by atoms with Crippen molar-refractivity contribution in [2.45, 2.75) is 0 Å². The zero-order chi connectivity index (χ0) is 12.1. The summed E-state index contributed by atoms with van der Waals surface area (Å²) < 4.78 is 2.00. The van der Waals surface area contributed by atoms with Crippen LogP contribution in [0.15, 0.2) is 42.6 Å². The Kier molecular flexibility index (Phi) is 1.75. The van der Waals surface area contributed by atoms with Gasteiger partial charge in [-0.1, -0.05) is 12.1 Å². The van der Waals surface area contributed by atoms with E-state index in [9.17, 15) is 0 Å². The normalized spacial score (nSPS) is 11.6.